The molecule has 2 unspecified atom stereocenters. The van der Waals surface area contributed by atoms with Crippen molar-refractivity contribution in [3.8, 4) is 0 Å². The van der Waals surface area contributed by atoms with E-state index in [1.54, 1.807) is 6.20 Å². The molecule has 124 valence electrons. The van der Waals surface area contributed by atoms with Crippen molar-refractivity contribution in [3.05, 3.63) is 17.5 Å². The molecule has 2 atom stereocenters. The molecule has 0 spiro atoms. The van der Waals surface area contributed by atoms with Crippen LogP contribution in [0, 0.1) is 12.3 Å². The van der Waals surface area contributed by atoms with Crippen LogP contribution in [0.25, 0.3) is 0 Å². The number of carbonyl (C=O) groups excluding carboxylic acids is 1. The fraction of sp³-hybridized carbons (Fsp3) is 0.765. The standard InChI is InChI=1S/C17H29N3O2/c1-5-13(6-2)20-12(3)14(10-18-20)16(22)19-15-8-7-9-17(15,4)11-21/h10,13,15,21H,5-9,11H2,1-4H3,(H,19,22). The first-order valence-corrected chi connectivity index (χ1v) is 8.42. The number of hydrogen-bond donors (Lipinski definition) is 2. The summed E-state index contributed by atoms with van der Waals surface area (Å²) < 4.78 is 1.97. The maximum absolute atomic E-state index is 12.6. The first-order valence-electron chi connectivity index (χ1n) is 8.42. The van der Waals surface area contributed by atoms with Gasteiger partial charge in [-0.05, 0) is 32.6 Å². The van der Waals surface area contributed by atoms with E-state index in [1.807, 2.05) is 18.5 Å². The fourth-order valence-corrected chi connectivity index (χ4v) is 3.55. The average Bonchev–Trinajstić information content (AvgIpc) is 3.06. The second-order valence-corrected chi connectivity index (χ2v) is 6.79. The van der Waals surface area contributed by atoms with Crippen LogP contribution in [-0.4, -0.2) is 33.4 Å². The molecular weight excluding hydrogens is 278 g/mol. The lowest BCUT2D eigenvalue weighted by Gasteiger charge is -2.30. The molecule has 1 aliphatic carbocycles. The number of hydrogen-bond acceptors (Lipinski definition) is 3. The molecule has 1 fully saturated rings. The maximum atomic E-state index is 12.6. The minimum absolute atomic E-state index is 0.0425. The van der Waals surface area contributed by atoms with Gasteiger partial charge >= 0.3 is 0 Å². The van der Waals surface area contributed by atoms with E-state index in [-0.39, 0.29) is 24.0 Å². The molecular formula is C17H29N3O2. The number of rotatable bonds is 6. The van der Waals surface area contributed by atoms with Gasteiger partial charge in [0.2, 0.25) is 0 Å². The molecule has 5 heteroatoms. The molecule has 1 heterocycles. The summed E-state index contributed by atoms with van der Waals surface area (Å²) in [5.41, 5.74) is 1.38. The Morgan fingerprint density at radius 2 is 2.23 bits per heavy atom. The van der Waals surface area contributed by atoms with Crippen LogP contribution in [0.15, 0.2) is 6.20 Å². The Kier molecular flexibility index (Phi) is 5.27. The summed E-state index contributed by atoms with van der Waals surface area (Å²) in [6.45, 7) is 8.40. The van der Waals surface area contributed by atoms with E-state index in [4.69, 9.17) is 0 Å². The number of nitrogens with zero attached hydrogens (tertiary/aromatic N) is 2. The summed E-state index contributed by atoms with van der Waals surface area (Å²) in [7, 11) is 0. The van der Waals surface area contributed by atoms with Crippen LogP contribution in [0.5, 0.6) is 0 Å². The SMILES string of the molecule is CCC(CC)n1ncc(C(=O)NC2CCCC2(C)CO)c1C. The van der Waals surface area contributed by atoms with E-state index < -0.39 is 0 Å². The highest BCUT2D eigenvalue weighted by molar-refractivity contribution is 5.95. The minimum atomic E-state index is -0.199. The maximum Gasteiger partial charge on any atom is 0.254 e. The Hall–Kier alpha value is -1.36. The molecule has 1 amide bonds. The zero-order valence-corrected chi connectivity index (χ0v) is 14.2. The van der Waals surface area contributed by atoms with Gasteiger partial charge in [-0.2, -0.15) is 5.10 Å². The molecule has 1 aromatic rings. The summed E-state index contributed by atoms with van der Waals surface area (Å²) >= 11 is 0. The third kappa shape index (κ3) is 3.05. The minimum Gasteiger partial charge on any atom is -0.396 e. The Balaban J connectivity index is 2.14. The zero-order valence-electron chi connectivity index (χ0n) is 14.2. The van der Waals surface area contributed by atoms with Crippen molar-refractivity contribution in [1.82, 2.24) is 15.1 Å². The molecule has 1 aromatic heterocycles. The second kappa shape index (κ2) is 6.82. The Labute approximate surface area is 133 Å². The lowest BCUT2D eigenvalue weighted by atomic mass is 9.85. The van der Waals surface area contributed by atoms with Crippen LogP contribution in [0.4, 0.5) is 0 Å². The number of aliphatic hydroxyl groups excluding tert-OH is 1. The summed E-state index contributed by atoms with van der Waals surface area (Å²) in [4.78, 5) is 12.6. The molecule has 22 heavy (non-hydrogen) atoms. The van der Waals surface area contributed by atoms with Gasteiger partial charge in [0.1, 0.15) is 0 Å². The van der Waals surface area contributed by atoms with Crippen molar-refractivity contribution in [2.45, 2.75) is 71.9 Å². The van der Waals surface area contributed by atoms with Crippen molar-refractivity contribution < 1.29 is 9.90 Å². The first kappa shape index (κ1) is 17.0. The summed E-state index contributed by atoms with van der Waals surface area (Å²) in [6.07, 6.45) is 6.63. The lowest BCUT2D eigenvalue weighted by molar-refractivity contribution is 0.0830. The van der Waals surface area contributed by atoms with Crippen molar-refractivity contribution in [2.75, 3.05) is 6.61 Å². The average molecular weight is 307 g/mol. The molecule has 0 aromatic carbocycles. The van der Waals surface area contributed by atoms with Crippen molar-refractivity contribution in [1.29, 1.82) is 0 Å². The van der Waals surface area contributed by atoms with Gasteiger partial charge in [0.15, 0.2) is 0 Å². The number of nitrogens with one attached hydrogen (secondary N) is 1. The van der Waals surface area contributed by atoms with E-state index in [9.17, 15) is 9.90 Å². The Bertz CT molecular complexity index is 522. The van der Waals surface area contributed by atoms with E-state index in [0.717, 1.165) is 37.8 Å². The molecule has 2 rings (SSSR count). The van der Waals surface area contributed by atoms with Crippen molar-refractivity contribution in [2.24, 2.45) is 5.41 Å². The zero-order chi connectivity index (χ0) is 16.3. The number of amides is 1. The van der Waals surface area contributed by atoms with Gasteiger partial charge in [-0.25, -0.2) is 0 Å². The molecule has 0 bridgehead atoms. The topological polar surface area (TPSA) is 67.2 Å². The van der Waals surface area contributed by atoms with Gasteiger partial charge in [-0.1, -0.05) is 27.2 Å². The van der Waals surface area contributed by atoms with Gasteiger partial charge in [0.05, 0.1) is 24.4 Å². The number of carbonyl (C=O) groups is 1. The van der Waals surface area contributed by atoms with Gasteiger partial charge in [-0.15, -0.1) is 0 Å². The summed E-state index contributed by atoms with van der Waals surface area (Å²) in [5, 5.41) is 17.1. The van der Waals surface area contributed by atoms with Crippen molar-refractivity contribution >= 4 is 5.91 Å². The van der Waals surface area contributed by atoms with Gasteiger partial charge in [-0.3, -0.25) is 9.48 Å². The largest absolute Gasteiger partial charge is 0.396 e. The van der Waals surface area contributed by atoms with Gasteiger partial charge in [0, 0.05) is 17.2 Å². The van der Waals surface area contributed by atoms with E-state index >= 15 is 0 Å². The summed E-state index contributed by atoms with van der Waals surface area (Å²) in [6, 6.07) is 0.386. The van der Waals surface area contributed by atoms with Crippen LogP contribution < -0.4 is 5.32 Å². The Morgan fingerprint density at radius 3 is 2.82 bits per heavy atom. The molecule has 0 saturated heterocycles. The summed E-state index contributed by atoms with van der Waals surface area (Å²) in [5.74, 6) is -0.0683. The van der Waals surface area contributed by atoms with E-state index in [2.05, 4.69) is 24.3 Å². The Morgan fingerprint density at radius 1 is 1.55 bits per heavy atom. The predicted molar refractivity (Wildman–Crippen MR) is 86.9 cm³/mol. The van der Waals surface area contributed by atoms with Crippen LogP contribution >= 0.6 is 0 Å². The van der Waals surface area contributed by atoms with Crippen LogP contribution in [0.1, 0.15) is 75.0 Å². The van der Waals surface area contributed by atoms with Crippen LogP contribution in [0.3, 0.4) is 0 Å². The number of aromatic nitrogens is 2. The third-order valence-electron chi connectivity index (χ3n) is 5.33. The van der Waals surface area contributed by atoms with Gasteiger partial charge < -0.3 is 10.4 Å². The highest BCUT2D eigenvalue weighted by atomic mass is 16.3. The molecule has 1 aliphatic rings. The number of aliphatic hydroxyl groups is 1. The smallest absolute Gasteiger partial charge is 0.254 e. The highest BCUT2D eigenvalue weighted by Gasteiger charge is 2.39. The first-order chi connectivity index (χ1) is 10.5. The molecule has 1 saturated carbocycles. The third-order valence-corrected chi connectivity index (χ3v) is 5.33. The van der Waals surface area contributed by atoms with Crippen molar-refractivity contribution in [3.63, 3.8) is 0 Å². The quantitative estimate of drug-likeness (QED) is 0.849. The van der Waals surface area contributed by atoms with E-state index in [0.29, 0.717) is 11.6 Å². The van der Waals surface area contributed by atoms with Gasteiger partial charge in [0.25, 0.3) is 5.91 Å². The van der Waals surface area contributed by atoms with E-state index in [1.165, 1.54) is 0 Å². The fourth-order valence-electron chi connectivity index (χ4n) is 3.55. The van der Waals surface area contributed by atoms with Crippen LogP contribution in [-0.2, 0) is 0 Å². The second-order valence-electron chi connectivity index (χ2n) is 6.79. The lowest BCUT2D eigenvalue weighted by Crippen LogP contribution is -2.44. The normalized spacial score (nSPS) is 24.9. The van der Waals surface area contributed by atoms with Crippen LogP contribution in [0.2, 0.25) is 0 Å². The molecule has 5 nitrogen and oxygen atoms in total. The molecule has 0 radical (unpaired) electrons. The molecule has 0 aliphatic heterocycles. The highest BCUT2D eigenvalue weighted by Crippen LogP contribution is 2.37. The molecule has 2 N–H and O–H groups in total. The monoisotopic (exact) mass is 307 g/mol. The predicted octanol–water partition coefficient (Wildman–Crippen LogP) is 2.83.